The molecule has 0 fully saturated rings. The molecule has 1 amide bonds. The van der Waals surface area contributed by atoms with Crippen molar-refractivity contribution in [2.24, 2.45) is 0 Å². The molecule has 0 aliphatic heterocycles. The lowest BCUT2D eigenvalue weighted by molar-refractivity contribution is -0.113. The van der Waals surface area contributed by atoms with E-state index < -0.39 is 0 Å². The summed E-state index contributed by atoms with van der Waals surface area (Å²) in [4.78, 5) is 12.9. The molecular formula is C14H17N3OS2. The van der Waals surface area contributed by atoms with Gasteiger partial charge in [0.2, 0.25) is 11.0 Å². The quantitative estimate of drug-likeness (QED) is 0.877. The van der Waals surface area contributed by atoms with Crippen LogP contribution in [0.5, 0.6) is 0 Å². The summed E-state index contributed by atoms with van der Waals surface area (Å²) >= 11 is 2.93. The van der Waals surface area contributed by atoms with E-state index in [1.165, 1.54) is 23.1 Å². The highest BCUT2D eigenvalue weighted by atomic mass is 32.2. The Labute approximate surface area is 127 Å². The Hall–Kier alpha value is -1.40. The molecule has 20 heavy (non-hydrogen) atoms. The number of rotatable bonds is 4. The maximum atomic E-state index is 11.9. The van der Waals surface area contributed by atoms with Gasteiger partial charge in [0.15, 0.2) is 0 Å². The topological polar surface area (TPSA) is 54.9 Å². The van der Waals surface area contributed by atoms with Crippen LogP contribution in [0.3, 0.4) is 0 Å². The number of hydrogen-bond acceptors (Lipinski definition) is 5. The van der Waals surface area contributed by atoms with Crippen molar-refractivity contribution in [3.63, 3.8) is 0 Å². The van der Waals surface area contributed by atoms with Gasteiger partial charge in [0.25, 0.3) is 0 Å². The molecule has 0 bridgehead atoms. The zero-order valence-corrected chi connectivity index (χ0v) is 13.3. The molecular weight excluding hydrogens is 290 g/mol. The van der Waals surface area contributed by atoms with Gasteiger partial charge in [0.05, 0.1) is 5.75 Å². The first-order valence-corrected chi connectivity index (χ1v) is 8.07. The Bertz CT molecular complexity index is 576. The van der Waals surface area contributed by atoms with Gasteiger partial charge in [-0.1, -0.05) is 50.3 Å². The van der Waals surface area contributed by atoms with Crippen LogP contribution < -0.4 is 5.32 Å². The second-order valence-electron chi connectivity index (χ2n) is 5.31. The van der Waals surface area contributed by atoms with Crippen LogP contribution in [0.15, 0.2) is 35.2 Å². The van der Waals surface area contributed by atoms with Crippen molar-refractivity contribution >= 4 is 34.1 Å². The lowest BCUT2D eigenvalue weighted by Gasteiger charge is -2.12. The van der Waals surface area contributed by atoms with Crippen molar-refractivity contribution in [1.82, 2.24) is 10.2 Å². The summed E-state index contributed by atoms with van der Waals surface area (Å²) < 4.78 is 0. The maximum absolute atomic E-state index is 11.9. The number of nitrogens with one attached hydrogen (secondary N) is 1. The number of amides is 1. The van der Waals surface area contributed by atoms with Crippen molar-refractivity contribution in [3.8, 4) is 0 Å². The van der Waals surface area contributed by atoms with Gasteiger partial charge in [0, 0.05) is 10.3 Å². The summed E-state index contributed by atoms with van der Waals surface area (Å²) in [5, 5.41) is 12.4. The number of benzene rings is 1. The highest BCUT2D eigenvalue weighted by Gasteiger charge is 2.19. The minimum absolute atomic E-state index is 0.0422. The third-order valence-electron chi connectivity index (χ3n) is 2.43. The molecule has 2 rings (SSSR count). The molecule has 0 saturated carbocycles. The first-order valence-electron chi connectivity index (χ1n) is 6.27. The second kappa shape index (κ2) is 6.37. The van der Waals surface area contributed by atoms with Crippen LogP contribution in [0.1, 0.15) is 25.8 Å². The monoisotopic (exact) mass is 307 g/mol. The number of carbonyl (C=O) groups is 1. The van der Waals surface area contributed by atoms with E-state index in [4.69, 9.17) is 0 Å². The van der Waals surface area contributed by atoms with E-state index in [9.17, 15) is 4.79 Å². The minimum Gasteiger partial charge on any atom is -0.300 e. The van der Waals surface area contributed by atoms with Gasteiger partial charge in [-0.25, -0.2) is 0 Å². The Morgan fingerprint density at radius 3 is 2.55 bits per heavy atom. The molecule has 0 aliphatic carbocycles. The van der Waals surface area contributed by atoms with Gasteiger partial charge in [-0.2, -0.15) is 0 Å². The van der Waals surface area contributed by atoms with Crippen molar-refractivity contribution in [2.75, 3.05) is 11.1 Å². The molecule has 1 N–H and O–H groups in total. The normalized spacial score (nSPS) is 11.3. The maximum Gasteiger partial charge on any atom is 0.236 e. The van der Waals surface area contributed by atoms with Crippen LogP contribution in [-0.2, 0) is 10.2 Å². The minimum atomic E-state index is -0.0598. The highest BCUT2D eigenvalue weighted by molar-refractivity contribution is 8.00. The molecule has 0 atom stereocenters. The van der Waals surface area contributed by atoms with Gasteiger partial charge in [-0.15, -0.1) is 22.0 Å². The Balaban J connectivity index is 1.87. The Morgan fingerprint density at radius 2 is 1.95 bits per heavy atom. The van der Waals surface area contributed by atoms with Gasteiger partial charge in [0.1, 0.15) is 5.01 Å². The van der Waals surface area contributed by atoms with Crippen molar-refractivity contribution in [1.29, 1.82) is 0 Å². The summed E-state index contributed by atoms with van der Waals surface area (Å²) in [5.74, 6) is 0.310. The van der Waals surface area contributed by atoms with Crippen molar-refractivity contribution in [2.45, 2.75) is 31.1 Å². The predicted molar refractivity (Wildman–Crippen MR) is 84.4 cm³/mol. The number of thioether (sulfide) groups is 1. The zero-order valence-electron chi connectivity index (χ0n) is 11.7. The molecule has 0 unspecified atom stereocenters. The number of aromatic nitrogens is 2. The number of anilines is 1. The van der Waals surface area contributed by atoms with E-state index in [-0.39, 0.29) is 11.3 Å². The Kier molecular flexibility index (Phi) is 4.77. The van der Waals surface area contributed by atoms with Gasteiger partial charge in [-0.3, -0.25) is 10.1 Å². The molecule has 0 aliphatic rings. The van der Waals surface area contributed by atoms with E-state index in [2.05, 4.69) is 36.3 Å². The predicted octanol–water partition coefficient (Wildman–Crippen LogP) is 3.57. The van der Waals surface area contributed by atoms with E-state index >= 15 is 0 Å². The summed E-state index contributed by atoms with van der Waals surface area (Å²) in [6.45, 7) is 6.22. The molecule has 2 aromatic rings. The van der Waals surface area contributed by atoms with Gasteiger partial charge in [-0.05, 0) is 12.1 Å². The first-order chi connectivity index (χ1) is 9.45. The fraction of sp³-hybridized carbons (Fsp3) is 0.357. The summed E-state index contributed by atoms with van der Waals surface area (Å²) in [5.41, 5.74) is -0.0422. The fourth-order valence-electron chi connectivity index (χ4n) is 1.40. The molecule has 1 aromatic carbocycles. The molecule has 0 radical (unpaired) electrons. The van der Waals surface area contributed by atoms with Crippen LogP contribution >= 0.6 is 23.1 Å². The highest BCUT2D eigenvalue weighted by Crippen LogP contribution is 2.27. The average Bonchev–Trinajstić information content (AvgIpc) is 2.86. The van der Waals surface area contributed by atoms with Crippen LogP contribution in [0, 0.1) is 0 Å². The first kappa shape index (κ1) is 15.0. The van der Waals surface area contributed by atoms with E-state index in [1.807, 2.05) is 30.3 Å². The molecule has 0 saturated heterocycles. The zero-order chi connectivity index (χ0) is 14.6. The largest absolute Gasteiger partial charge is 0.300 e. The van der Waals surface area contributed by atoms with Gasteiger partial charge >= 0.3 is 0 Å². The molecule has 106 valence electrons. The van der Waals surface area contributed by atoms with Crippen LogP contribution in [-0.4, -0.2) is 21.9 Å². The molecule has 4 nitrogen and oxygen atoms in total. The van der Waals surface area contributed by atoms with Crippen molar-refractivity contribution < 1.29 is 4.79 Å². The average molecular weight is 307 g/mol. The lowest BCUT2D eigenvalue weighted by atomic mass is 9.98. The lowest BCUT2D eigenvalue weighted by Crippen LogP contribution is -2.13. The fourth-order valence-corrected chi connectivity index (χ4v) is 2.93. The standard InChI is InChI=1S/C14H17N3OS2/c1-14(2,3)12-16-17-13(20-12)15-11(18)9-19-10-7-5-4-6-8-10/h4-8H,9H2,1-3H3,(H,15,17,18). The third-order valence-corrected chi connectivity index (χ3v) is 4.70. The number of hydrogen-bond donors (Lipinski definition) is 1. The van der Waals surface area contributed by atoms with E-state index in [1.54, 1.807) is 0 Å². The van der Waals surface area contributed by atoms with E-state index in [0.29, 0.717) is 10.9 Å². The summed E-state index contributed by atoms with van der Waals surface area (Å²) in [6.07, 6.45) is 0. The molecule has 1 heterocycles. The van der Waals surface area contributed by atoms with Crippen LogP contribution in [0.25, 0.3) is 0 Å². The Morgan fingerprint density at radius 1 is 1.25 bits per heavy atom. The van der Waals surface area contributed by atoms with Crippen molar-refractivity contribution in [3.05, 3.63) is 35.3 Å². The third kappa shape index (κ3) is 4.31. The second-order valence-corrected chi connectivity index (χ2v) is 7.34. The van der Waals surface area contributed by atoms with Crippen LogP contribution in [0.2, 0.25) is 0 Å². The number of carbonyl (C=O) groups excluding carboxylic acids is 1. The molecule has 0 spiro atoms. The summed E-state index contributed by atoms with van der Waals surface area (Å²) in [7, 11) is 0. The van der Waals surface area contributed by atoms with Crippen LogP contribution in [0.4, 0.5) is 5.13 Å². The SMILES string of the molecule is CC(C)(C)c1nnc(NC(=O)CSc2ccccc2)s1. The molecule has 1 aromatic heterocycles. The van der Waals surface area contributed by atoms with Gasteiger partial charge < -0.3 is 0 Å². The smallest absolute Gasteiger partial charge is 0.236 e. The summed E-state index contributed by atoms with van der Waals surface area (Å²) in [6, 6.07) is 9.85. The van der Waals surface area contributed by atoms with E-state index in [0.717, 1.165) is 9.90 Å². The number of nitrogens with zero attached hydrogens (tertiary/aromatic N) is 2. The molecule has 6 heteroatoms.